The van der Waals surface area contributed by atoms with E-state index in [2.05, 4.69) is 21.2 Å². The molecule has 2 rings (SSSR count). The van der Waals surface area contributed by atoms with Crippen LogP contribution < -0.4 is 15.8 Å². The lowest BCUT2D eigenvalue weighted by molar-refractivity contribution is 0.0945. The highest BCUT2D eigenvalue weighted by molar-refractivity contribution is 9.10. The summed E-state index contributed by atoms with van der Waals surface area (Å²) >= 11 is 3.15. The van der Waals surface area contributed by atoms with Gasteiger partial charge in [0.15, 0.2) is 4.67 Å². The molecule has 1 aromatic carbocycles. The molecule has 0 aliphatic rings. The molecule has 0 saturated heterocycles. The SMILES string of the molecule is Nc1ccc(OCCNC(=O)c2ccoc2Br)cc1. The molecule has 1 amide bonds. The Morgan fingerprint density at radius 1 is 1.32 bits per heavy atom. The molecule has 0 spiro atoms. The zero-order chi connectivity index (χ0) is 13.7. The predicted octanol–water partition coefficient (Wildman–Crippen LogP) is 2.43. The number of amides is 1. The van der Waals surface area contributed by atoms with Crippen LogP contribution >= 0.6 is 15.9 Å². The Labute approximate surface area is 118 Å². The average molecular weight is 325 g/mol. The highest BCUT2D eigenvalue weighted by atomic mass is 79.9. The summed E-state index contributed by atoms with van der Waals surface area (Å²) in [6, 6.07) is 8.68. The summed E-state index contributed by atoms with van der Waals surface area (Å²) < 4.78 is 10.9. The fourth-order valence-corrected chi connectivity index (χ4v) is 1.87. The van der Waals surface area contributed by atoms with Crippen LogP contribution in [0.25, 0.3) is 0 Å². The van der Waals surface area contributed by atoms with E-state index in [-0.39, 0.29) is 5.91 Å². The minimum atomic E-state index is -0.207. The topological polar surface area (TPSA) is 77.5 Å². The molecule has 0 saturated carbocycles. The number of benzene rings is 1. The van der Waals surface area contributed by atoms with Gasteiger partial charge in [-0.25, -0.2) is 0 Å². The highest BCUT2D eigenvalue weighted by Gasteiger charge is 2.11. The minimum absolute atomic E-state index is 0.207. The van der Waals surface area contributed by atoms with Gasteiger partial charge in [0.2, 0.25) is 0 Å². The lowest BCUT2D eigenvalue weighted by Crippen LogP contribution is -2.27. The van der Waals surface area contributed by atoms with E-state index in [1.165, 1.54) is 6.26 Å². The summed E-state index contributed by atoms with van der Waals surface area (Å²) in [6.45, 7) is 0.784. The van der Waals surface area contributed by atoms with E-state index in [0.29, 0.717) is 34.8 Å². The first-order chi connectivity index (χ1) is 9.16. The van der Waals surface area contributed by atoms with E-state index < -0.39 is 0 Å². The van der Waals surface area contributed by atoms with Crippen molar-refractivity contribution in [3.8, 4) is 5.75 Å². The minimum Gasteiger partial charge on any atom is -0.492 e. The van der Waals surface area contributed by atoms with E-state index >= 15 is 0 Å². The molecule has 0 bridgehead atoms. The summed E-state index contributed by atoms with van der Waals surface area (Å²) in [7, 11) is 0. The zero-order valence-corrected chi connectivity index (χ0v) is 11.6. The van der Waals surface area contributed by atoms with Crippen LogP contribution in [0.15, 0.2) is 45.7 Å². The third-order valence-electron chi connectivity index (χ3n) is 2.40. The Morgan fingerprint density at radius 2 is 2.05 bits per heavy atom. The maximum absolute atomic E-state index is 11.7. The van der Waals surface area contributed by atoms with Gasteiger partial charge in [-0.3, -0.25) is 4.79 Å². The normalized spacial score (nSPS) is 10.2. The number of carbonyl (C=O) groups excluding carboxylic acids is 1. The van der Waals surface area contributed by atoms with Gasteiger partial charge in [0.1, 0.15) is 12.4 Å². The van der Waals surface area contributed by atoms with Crippen LogP contribution in [-0.4, -0.2) is 19.1 Å². The molecule has 0 unspecified atom stereocenters. The smallest absolute Gasteiger partial charge is 0.255 e. The lowest BCUT2D eigenvalue weighted by Gasteiger charge is -2.07. The first kappa shape index (κ1) is 13.5. The van der Waals surface area contributed by atoms with Crippen LogP contribution in [-0.2, 0) is 0 Å². The Hall–Kier alpha value is -1.95. The number of furan rings is 1. The molecule has 3 N–H and O–H groups in total. The maximum Gasteiger partial charge on any atom is 0.255 e. The number of hydrogen-bond acceptors (Lipinski definition) is 4. The number of anilines is 1. The number of carbonyl (C=O) groups is 1. The van der Waals surface area contributed by atoms with Gasteiger partial charge in [0, 0.05) is 5.69 Å². The summed E-state index contributed by atoms with van der Waals surface area (Å²) in [5.41, 5.74) is 6.71. The number of nitrogen functional groups attached to an aromatic ring is 1. The Bertz CT molecular complexity index is 551. The van der Waals surface area contributed by atoms with Crippen LogP contribution in [0.2, 0.25) is 0 Å². The van der Waals surface area contributed by atoms with Crippen molar-refractivity contribution >= 4 is 27.5 Å². The monoisotopic (exact) mass is 324 g/mol. The predicted molar refractivity (Wildman–Crippen MR) is 75.1 cm³/mol. The maximum atomic E-state index is 11.7. The van der Waals surface area contributed by atoms with E-state index in [9.17, 15) is 4.79 Å². The second kappa shape index (κ2) is 6.29. The van der Waals surface area contributed by atoms with Crippen molar-refractivity contribution in [2.24, 2.45) is 0 Å². The molecule has 6 heteroatoms. The van der Waals surface area contributed by atoms with Crippen molar-refractivity contribution in [1.29, 1.82) is 0 Å². The molecule has 1 heterocycles. The number of nitrogens with one attached hydrogen (secondary N) is 1. The summed E-state index contributed by atoms with van der Waals surface area (Å²) in [5, 5.41) is 2.73. The van der Waals surface area contributed by atoms with Gasteiger partial charge >= 0.3 is 0 Å². The van der Waals surface area contributed by atoms with Crippen LogP contribution in [0.3, 0.4) is 0 Å². The molecule has 1 aromatic heterocycles. The van der Waals surface area contributed by atoms with Gasteiger partial charge < -0.3 is 20.2 Å². The van der Waals surface area contributed by atoms with E-state index in [4.69, 9.17) is 14.9 Å². The van der Waals surface area contributed by atoms with E-state index in [0.717, 1.165) is 0 Å². The van der Waals surface area contributed by atoms with Gasteiger partial charge in [0.05, 0.1) is 18.4 Å². The molecule has 0 aliphatic carbocycles. The van der Waals surface area contributed by atoms with Crippen molar-refractivity contribution in [3.63, 3.8) is 0 Å². The van der Waals surface area contributed by atoms with Crippen LogP contribution in [0.5, 0.6) is 5.75 Å². The molecule has 2 aromatic rings. The molecular weight excluding hydrogens is 312 g/mol. The molecule has 0 fully saturated rings. The standard InChI is InChI=1S/C13H13BrN2O3/c14-12-11(5-7-19-12)13(17)16-6-8-18-10-3-1-9(15)2-4-10/h1-5,7H,6,8,15H2,(H,16,17). The molecular formula is C13H13BrN2O3. The lowest BCUT2D eigenvalue weighted by atomic mass is 10.3. The fourth-order valence-electron chi connectivity index (χ4n) is 1.45. The zero-order valence-electron chi connectivity index (χ0n) is 10.1. The molecule has 0 atom stereocenters. The highest BCUT2D eigenvalue weighted by Crippen LogP contribution is 2.17. The van der Waals surface area contributed by atoms with Crippen molar-refractivity contribution in [2.45, 2.75) is 0 Å². The van der Waals surface area contributed by atoms with Crippen molar-refractivity contribution in [2.75, 3.05) is 18.9 Å². The summed E-state index contributed by atoms with van der Waals surface area (Å²) in [6.07, 6.45) is 1.45. The Kier molecular flexibility index (Phi) is 4.46. The largest absolute Gasteiger partial charge is 0.492 e. The number of nitrogens with two attached hydrogens (primary N) is 1. The Morgan fingerprint density at radius 3 is 2.68 bits per heavy atom. The number of ether oxygens (including phenoxy) is 1. The first-order valence-corrected chi connectivity index (χ1v) is 6.45. The van der Waals surface area contributed by atoms with Gasteiger partial charge in [-0.2, -0.15) is 0 Å². The van der Waals surface area contributed by atoms with Gasteiger partial charge in [-0.05, 0) is 46.3 Å². The quantitative estimate of drug-likeness (QED) is 0.654. The van der Waals surface area contributed by atoms with E-state index in [1.54, 1.807) is 30.3 Å². The van der Waals surface area contributed by atoms with Gasteiger partial charge in [0.25, 0.3) is 5.91 Å². The van der Waals surface area contributed by atoms with Crippen LogP contribution in [0.4, 0.5) is 5.69 Å². The van der Waals surface area contributed by atoms with Crippen molar-refractivity contribution in [3.05, 3.63) is 46.8 Å². The van der Waals surface area contributed by atoms with Crippen molar-refractivity contribution < 1.29 is 13.9 Å². The van der Waals surface area contributed by atoms with Gasteiger partial charge in [-0.1, -0.05) is 0 Å². The molecule has 100 valence electrons. The first-order valence-electron chi connectivity index (χ1n) is 5.66. The van der Waals surface area contributed by atoms with Crippen molar-refractivity contribution in [1.82, 2.24) is 5.32 Å². The third kappa shape index (κ3) is 3.75. The fraction of sp³-hybridized carbons (Fsp3) is 0.154. The van der Waals surface area contributed by atoms with Crippen LogP contribution in [0, 0.1) is 0 Å². The average Bonchev–Trinajstić information content (AvgIpc) is 2.83. The number of rotatable bonds is 5. The molecule has 0 radical (unpaired) electrons. The second-order valence-electron chi connectivity index (χ2n) is 3.78. The second-order valence-corrected chi connectivity index (χ2v) is 4.50. The summed E-state index contributed by atoms with van der Waals surface area (Å²) in [4.78, 5) is 11.7. The molecule has 19 heavy (non-hydrogen) atoms. The molecule has 0 aliphatic heterocycles. The van der Waals surface area contributed by atoms with E-state index in [1.807, 2.05) is 0 Å². The van der Waals surface area contributed by atoms with Crippen LogP contribution in [0.1, 0.15) is 10.4 Å². The number of hydrogen-bond donors (Lipinski definition) is 2. The molecule has 5 nitrogen and oxygen atoms in total. The summed E-state index contributed by atoms with van der Waals surface area (Å²) in [5.74, 6) is 0.509. The van der Waals surface area contributed by atoms with Gasteiger partial charge in [-0.15, -0.1) is 0 Å². The third-order valence-corrected chi connectivity index (χ3v) is 3.01. The Balaban J connectivity index is 1.74. The number of halogens is 1.